The van der Waals surface area contributed by atoms with Gasteiger partial charge in [-0.2, -0.15) is 0 Å². The largest absolute Gasteiger partial charge is 0.508 e. The number of aromatic hydroxyl groups is 1. The zero-order chi connectivity index (χ0) is 47.0. The number of anilines is 1. The first-order valence-corrected chi connectivity index (χ1v) is 25.0. The second-order valence-corrected chi connectivity index (χ2v) is 20.6. The fourth-order valence-corrected chi connectivity index (χ4v) is 12.9. The van der Waals surface area contributed by atoms with Gasteiger partial charge in [0, 0.05) is 60.5 Å². The lowest BCUT2D eigenvalue weighted by Gasteiger charge is -2.59. The number of hydrogen-bond donors (Lipinski definition) is 6. The molecule has 6 N–H and O–H groups in total. The van der Waals surface area contributed by atoms with Crippen LogP contribution in [0.4, 0.5) is 5.69 Å². The zero-order valence-electron chi connectivity index (χ0n) is 39.0. The molecule has 0 amide bonds. The van der Waals surface area contributed by atoms with Gasteiger partial charge in [0.2, 0.25) is 0 Å². The highest BCUT2D eigenvalue weighted by Gasteiger charge is 2.62. The summed E-state index contributed by atoms with van der Waals surface area (Å²) in [6.45, 7) is 3.84. The molecule has 0 unspecified atom stereocenters. The van der Waals surface area contributed by atoms with E-state index in [4.69, 9.17) is 9.47 Å². The van der Waals surface area contributed by atoms with Crippen molar-refractivity contribution in [3.05, 3.63) is 99.1 Å². The number of aliphatic hydroxyl groups excluding tert-OH is 3. The van der Waals surface area contributed by atoms with E-state index in [1.165, 1.54) is 6.07 Å². The van der Waals surface area contributed by atoms with Gasteiger partial charge >= 0.3 is 11.9 Å². The van der Waals surface area contributed by atoms with Crippen LogP contribution in [0.25, 0.3) is 0 Å². The summed E-state index contributed by atoms with van der Waals surface area (Å²) >= 11 is 0. The Balaban J connectivity index is 1.25. The quantitative estimate of drug-likeness (QED) is 0.0536. The topological polar surface area (TPSA) is 183 Å². The lowest BCUT2D eigenvalue weighted by atomic mass is 9.48. The van der Waals surface area contributed by atoms with Crippen LogP contribution in [0.5, 0.6) is 11.5 Å². The highest BCUT2D eigenvalue weighted by molar-refractivity contribution is 5.89. The van der Waals surface area contributed by atoms with Crippen LogP contribution in [0.15, 0.2) is 60.2 Å². The Morgan fingerprint density at radius 1 is 0.910 bits per heavy atom. The number of ketones is 1. The van der Waals surface area contributed by atoms with Crippen molar-refractivity contribution < 1.29 is 49.4 Å². The Kier molecular flexibility index (Phi) is 14.0. The van der Waals surface area contributed by atoms with Crippen molar-refractivity contribution in [3.8, 4) is 23.3 Å². The van der Waals surface area contributed by atoms with Gasteiger partial charge in [0.05, 0.1) is 31.2 Å². The van der Waals surface area contributed by atoms with E-state index in [0.29, 0.717) is 47.9 Å². The number of fused-ring (bicyclic) bond motifs is 9. The molecule has 3 aliphatic heterocycles. The molecule has 3 heterocycles. The molecular weight excluding hydrogens is 847 g/mol. The molecule has 10 bridgehead atoms. The third-order valence-corrected chi connectivity index (χ3v) is 16.1. The van der Waals surface area contributed by atoms with Crippen LogP contribution in [0, 0.1) is 41.4 Å². The number of aliphatic hydroxyl groups is 4. The van der Waals surface area contributed by atoms with Crippen molar-refractivity contribution in [2.75, 3.05) is 11.9 Å². The summed E-state index contributed by atoms with van der Waals surface area (Å²) < 4.78 is 12.5. The number of carbonyl (C=O) groups excluding carboxylic acids is 3. The normalized spacial score (nSPS) is 31.6. The molecule has 0 aromatic heterocycles. The highest BCUT2D eigenvalue weighted by Crippen LogP contribution is 2.59. The molecule has 0 saturated heterocycles. The zero-order valence-corrected chi connectivity index (χ0v) is 39.0. The van der Waals surface area contributed by atoms with Crippen LogP contribution >= 0.6 is 0 Å². The average molecular weight is 914 g/mol. The Morgan fingerprint density at radius 3 is 2.49 bits per heavy atom. The number of nitrogens with one attached hydrogen (secondary N) is 1. The lowest BCUT2D eigenvalue weighted by molar-refractivity contribution is -0.228. The van der Waals surface area contributed by atoms with E-state index in [9.17, 15) is 35.1 Å². The average Bonchev–Trinajstić information content (AvgIpc) is 3.30. The summed E-state index contributed by atoms with van der Waals surface area (Å²) in [6.07, 6.45) is 7.88. The number of ether oxygens (including phenoxy) is 2. The van der Waals surface area contributed by atoms with Crippen LogP contribution in [-0.2, 0) is 51.4 Å². The maximum absolute atomic E-state index is 15.4. The van der Waals surface area contributed by atoms with E-state index in [0.717, 1.165) is 73.7 Å². The molecule has 11 nitrogen and oxygen atoms in total. The molecular formula is C56H67NO10. The van der Waals surface area contributed by atoms with Crippen LogP contribution in [0.1, 0.15) is 142 Å². The monoisotopic (exact) mass is 913 g/mol. The Labute approximate surface area is 394 Å². The number of phenolic OH excluding ortho intramolecular Hbond substituents is 1. The van der Waals surface area contributed by atoms with Crippen LogP contribution in [-0.4, -0.2) is 73.7 Å². The summed E-state index contributed by atoms with van der Waals surface area (Å²) in [4.78, 5) is 42.7. The van der Waals surface area contributed by atoms with Gasteiger partial charge in [-0.1, -0.05) is 81.2 Å². The molecule has 9 rings (SSSR count). The van der Waals surface area contributed by atoms with Gasteiger partial charge in [-0.3, -0.25) is 9.59 Å². The number of phenols is 1. The molecule has 3 fully saturated rings. The van der Waals surface area contributed by atoms with Crippen molar-refractivity contribution in [1.82, 2.24) is 0 Å². The van der Waals surface area contributed by atoms with Gasteiger partial charge < -0.3 is 40.3 Å². The molecule has 11 atom stereocenters. The summed E-state index contributed by atoms with van der Waals surface area (Å²) in [5.74, 6) is 3.45. The molecule has 11 heteroatoms. The van der Waals surface area contributed by atoms with Crippen molar-refractivity contribution in [2.45, 2.75) is 159 Å². The number of benzene rings is 3. The number of Topliss-reactive ketones (excluding diaryl/α,β-unsaturated/α-hetero) is 1. The standard InChI is InChI=1S/C56H67NO10/c1-3-4-5-12-43-41(31-58)22-38(26-49(43)57-30-32(2)59)35-14-15-36-28-54(63)66-52-29-51(62)39(25-44(36)52)27-53-56(65)47-13-7-6-11-37(47)24-45-46(50(61)17-16-48(45)56)20-34-10-8-9-33(18-34)19-42(60)23-40(21-35)55(64)67-53/h8-10,18,22-23,25-26,29,32,35-37,42,45-48,53,57-60,62,65H,3-7,11-13,16-17,19-21,24,27-28,30-31H2,1-2H3/b40-23-/t32-,35-,36+,37-,42+,45+,46-,47+,48+,53+,56-/m0/s1. The third kappa shape index (κ3) is 9.70. The van der Waals surface area contributed by atoms with E-state index >= 15 is 4.79 Å². The van der Waals surface area contributed by atoms with Crippen LogP contribution in [0.3, 0.4) is 0 Å². The second-order valence-electron chi connectivity index (χ2n) is 20.6. The predicted octanol–water partition coefficient (Wildman–Crippen LogP) is 7.69. The molecule has 3 saturated carbocycles. The van der Waals surface area contributed by atoms with Crippen LogP contribution in [0.2, 0.25) is 0 Å². The summed E-state index contributed by atoms with van der Waals surface area (Å²) in [7, 11) is 0. The van der Waals surface area contributed by atoms with E-state index < -0.39 is 47.7 Å². The first-order chi connectivity index (χ1) is 32.3. The molecule has 356 valence electrons. The summed E-state index contributed by atoms with van der Waals surface area (Å²) in [6, 6.07) is 15.1. The molecule has 0 radical (unpaired) electrons. The van der Waals surface area contributed by atoms with Crippen molar-refractivity contribution in [3.63, 3.8) is 0 Å². The van der Waals surface area contributed by atoms with Gasteiger partial charge in [0.1, 0.15) is 29.0 Å². The maximum Gasteiger partial charge on any atom is 0.334 e. The van der Waals surface area contributed by atoms with E-state index in [1.54, 1.807) is 19.1 Å². The minimum Gasteiger partial charge on any atom is -0.508 e. The lowest BCUT2D eigenvalue weighted by Crippen LogP contribution is -2.65. The van der Waals surface area contributed by atoms with Gasteiger partial charge in [-0.25, -0.2) is 4.79 Å². The number of rotatable bonds is 9. The van der Waals surface area contributed by atoms with Gasteiger partial charge in [0.15, 0.2) is 0 Å². The van der Waals surface area contributed by atoms with Gasteiger partial charge in [-0.05, 0) is 127 Å². The minimum atomic E-state index is -1.58. The summed E-state index contributed by atoms with van der Waals surface area (Å²) in [5, 5.41) is 62.4. The third-order valence-electron chi connectivity index (χ3n) is 16.1. The predicted molar refractivity (Wildman–Crippen MR) is 253 cm³/mol. The second kappa shape index (κ2) is 19.9. The number of hydrogen-bond acceptors (Lipinski definition) is 11. The molecule has 3 aliphatic carbocycles. The molecule has 3 aromatic carbocycles. The fourth-order valence-electron chi connectivity index (χ4n) is 12.9. The minimum absolute atomic E-state index is 0.0223. The first-order valence-electron chi connectivity index (χ1n) is 25.0. The first kappa shape index (κ1) is 47.1. The van der Waals surface area contributed by atoms with Crippen molar-refractivity contribution in [1.29, 1.82) is 0 Å². The van der Waals surface area contributed by atoms with Crippen molar-refractivity contribution in [2.24, 2.45) is 29.6 Å². The Hall–Kier alpha value is -4.99. The van der Waals surface area contributed by atoms with Gasteiger partial charge in [-0.15, -0.1) is 0 Å². The van der Waals surface area contributed by atoms with Crippen LogP contribution < -0.4 is 10.1 Å². The summed E-state index contributed by atoms with van der Waals surface area (Å²) in [5.41, 5.74) is 4.51. The fraction of sp³-hybridized carbons (Fsp3) is 0.554. The highest BCUT2D eigenvalue weighted by atomic mass is 16.6. The SMILES string of the molecule is CCCCCc1c(CO)cc([C@H]2C#C[C@@H]3CC(=O)Oc4cc(O)c(cc43)C[C@H]3OC(=O)/C(=C\[C@H](O)Cc4cccc(c4)C[C@@H]4C(=O)CC[C@@H]5[C@@H]4C[C@@H]4CCCC[C@H]4[C@]53O)C2)cc1NC[C@H](C)O. The molecule has 3 aromatic rings. The van der Waals surface area contributed by atoms with Gasteiger partial charge in [0.25, 0.3) is 0 Å². The van der Waals surface area contributed by atoms with Crippen molar-refractivity contribution >= 4 is 23.4 Å². The Morgan fingerprint density at radius 2 is 1.70 bits per heavy atom. The molecule has 0 spiro atoms. The number of unbranched alkanes of at least 4 members (excludes halogenated alkanes) is 2. The smallest absolute Gasteiger partial charge is 0.334 e. The molecule has 67 heavy (non-hydrogen) atoms. The van der Waals surface area contributed by atoms with E-state index in [-0.39, 0.29) is 91.3 Å². The maximum atomic E-state index is 15.4. The van der Waals surface area contributed by atoms with E-state index in [1.807, 2.05) is 36.4 Å². The van der Waals surface area contributed by atoms with E-state index in [2.05, 4.69) is 24.1 Å². The number of esters is 2. The Bertz CT molecular complexity index is 2460. The molecule has 6 aliphatic rings. The number of carbonyl (C=O) groups is 3.